The number of amides is 3. The zero-order chi connectivity index (χ0) is 102. The van der Waals surface area contributed by atoms with E-state index < -0.39 is 67.4 Å². The average Bonchev–Trinajstić information content (AvgIpc) is 1.59. The molecule has 8 heterocycles. The standard InChI is InChI=1S/C20H10BrFN2O3.C13H11BrFNO3.C10H9NO2.C9H7BrFN.C8H4BrFNO2.C8H5BrFN.C7H5BrFNO2.C7H7FN2O2.C4H8O.C3H8.2C3H7.C2H6O.Ni/c21-13-6-15-10(5-14(13)22)11(7-23-15)17-18(20(26)24-19(17)25)12-8-27-16-4-2-1-3-9(12)16;1-3-19-13(18)12(17)8-6-16(2)11-5-9(14)10(15)4-7(8)11;11-10(12)5-7-6-13-9-4-2-1-3-8(7)9;1-12-3-2-6-4-8(11)7(10)5-9(6)12;1-2-5-3-7(10)6(9)4-8(5)11(12)13;9-6-4-8-5(1-2-11-8)3-7(6)10;1-4-2-6(9)5(8)3-7(4)10(11)12;1-4-2-5(8)6(9)3-7(4)10(11)12;1-2-4-5-3-1;3*1-3-2;1-2-3;/h1-8,23H,(H,24,25,26);4-6H,3H2,1-2H3;1-4,6H,5H2,(H2,11,12);2-5H,1H3;1-4H;1-4,11H;2-3H,1H3;2-3H,9H2,1H3;1-4H2;3H2,1-2H3;2*1,3H2,2H3;3H,2H2,1H3;/q;;;;-1;;;;;;2*-1;;+3. The van der Waals surface area contributed by atoms with Crippen LogP contribution in [-0.2, 0) is 65.7 Å². The van der Waals surface area contributed by atoms with Crippen LogP contribution in [0.2, 0.25) is 0 Å². The number of carbonyl (C=O) groups is 5. The van der Waals surface area contributed by atoms with E-state index in [-0.39, 0.29) is 113 Å². The van der Waals surface area contributed by atoms with Crippen LogP contribution in [0.4, 0.5) is 53.5 Å². The number of aliphatic hydroxyl groups excluding tert-OH is 1. The van der Waals surface area contributed by atoms with Crippen LogP contribution in [0.3, 0.4) is 0 Å². The molecule has 15 aromatic rings. The number of aryl methyl sites for hydroxylation is 4. The van der Waals surface area contributed by atoms with Crippen LogP contribution in [0.1, 0.15) is 117 Å². The number of benzene rings is 9. The molecule has 8 N–H and O–H groups in total. The number of esters is 1. The number of nitrogens with one attached hydrogen (secondary N) is 3. The molecule has 17 rings (SSSR count). The number of anilines is 1. The van der Waals surface area contributed by atoms with Gasteiger partial charge >= 0.3 is 22.5 Å². The molecule has 0 aliphatic carbocycles. The normalized spacial score (nSPS) is 11.2. The minimum atomic E-state index is -0.932. The van der Waals surface area contributed by atoms with Crippen LogP contribution in [0.25, 0.3) is 82.8 Å². The number of nitrogens with zero attached hydrogens (tertiary/aromatic N) is 5. The Morgan fingerprint density at radius 1 is 0.562 bits per heavy atom. The van der Waals surface area contributed by atoms with Crippen molar-refractivity contribution >= 4 is 231 Å². The maximum Gasteiger partial charge on any atom is 3.00 e. The summed E-state index contributed by atoms with van der Waals surface area (Å²) >= 11 is 18.2. The summed E-state index contributed by atoms with van der Waals surface area (Å²) in [6.45, 7) is 29.0. The molecule has 2 aliphatic heterocycles. The van der Waals surface area contributed by atoms with Gasteiger partial charge in [0.2, 0.25) is 11.6 Å². The number of para-hydroxylation sites is 2. The number of primary amides is 1. The number of nitro benzene ring substituents is 3. The number of rotatable bonds is 11. The van der Waals surface area contributed by atoms with E-state index in [1.165, 1.54) is 69.8 Å². The molecular weight excluding hydrogens is 2230 g/mol. The van der Waals surface area contributed by atoms with Gasteiger partial charge in [-0.15, -0.1) is 0 Å². The smallest absolute Gasteiger partial charge is 0.464 e. The largest absolute Gasteiger partial charge is 3.00 e. The first-order chi connectivity index (χ1) is 64.5. The fraction of sp³-hybridized carbons (Fsp3) is 0.206. The Bertz CT molecular complexity index is 6660. The molecule has 40 heteroatoms. The van der Waals surface area contributed by atoms with Gasteiger partial charge in [0.15, 0.2) is 0 Å². The van der Waals surface area contributed by atoms with Gasteiger partial charge in [0.1, 0.15) is 51.9 Å². The number of nitrogens with two attached hydrogens (primary N) is 2. The molecule has 26 nitrogen and oxygen atoms in total. The van der Waals surface area contributed by atoms with Crippen LogP contribution in [0.5, 0.6) is 0 Å². The number of ketones is 1. The van der Waals surface area contributed by atoms with Crippen LogP contribution in [0.15, 0.2) is 219 Å². The Hall–Kier alpha value is -11.7. The summed E-state index contributed by atoms with van der Waals surface area (Å²) in [4.78, 5) is 94.6. The summed E-state index contributed by atoms with van der Waals surface area (Å²) in [5, 5.41) is 45.4. The van der Waals surface area contributed by atoms with E-state index in [1.54, 1.807) is 74.5 Å². The number of imide groups is 1. The van der Waals surface area contributed by atoms with Gasteiger partial charge in [0.05, 0.1) is 84.6 Å². The topological polar surface area (TPSA) is 385 Å². The number of Topliss-reactive ketones (excluding diaryl/α,β-unsaturated/α-hetero) is 1. The predicted molar refractivity (Wildman–Crippen MR) is 537 cm³/mol. The van der Waals surface area contributed by atoms with Gasteiger partial charge in [-0.2, -0.15) is 12.8 Å². The molecule has 1 fully saturated rings. The maximum absolute atomic E-state index is 14.1. The molecule has 137 heavy (non-hydrogen) atoms. The number of halogens is 13. The number of carbonyl (C=O) groups excluding carboxylic acids is 5. The van der Waals surface area contributed by atoms with E-state index in [1.807, 2.05) is 86.3 Å². The van der Waals surface area contributed by atoms with Gasteiger partial charge in [-0.25, -0.2) is 41.6 Å². The fourth-order valence-electron chi connectivity index (χ4n) is 12.1. The number of ether oxygens (including phenoxy) is 2. The van der Waals surface area contributed by atoms with Gasteiger partial charge in [0.25, 0.3) is 29.0 Å². The third-order valence-electron chi connectivity index (χ3n) is 18.1. The van der Waals surface area contributed by atoms with Crippen molar-refractivity contribution in [2.75, 3.05) is 32.2 Å². The average molecular weight is 2330 g/mol. The predicted octanol–water partition coefficient (Wildman–Crippen LogP) is 26.9. The third-order valence-corrected chi connectivity index (χ3v) is 21.7. The second-order valence-corrected chi connectivity index (χ2v) is 33.6. The van der Waals surface area contributed by atoms with Crippen LogP contribution in [0, 0.1) is 105 Å². The van der Waals surface area contributed by atoms with Gasteiger partial charge in [-0.05, 0) is 221 Å². The zero-order valence-electron chi connectivity index (χ0n) is 75.2. The molecule has 0 spiro atoms. The van der Waals surface area contributed by atoms with E-state index in [0.29, 0.717) is 62.0 Å². The second-order valence-electron chi connectivity index (χ2n) is 28.5. The number of hydrogen-bond acceptors (Lipinski definition) is 17. The number of H-pyrrole nitrogens is 2. The number of aliphatic hydroxyl groups is 1. The first kappa shape index (κ1) is 118. The maximum atomic E-state index is 14.1. The van der Waals surface area contributed by atoms with E-state index in [9.17, 15) is 85.0 Å². The van der Waals surface area contributed by atoms with Crippen LogP contribution in [-0.4, -0.2) is 94.9 Å². The number of aromatic nitrogens is 4. The summed E-state index contributed by atoms with van der Waals surface area (Å²) < 4.78 is 118. The van der Waals surface area contributed by atoms with Crippen molar-refractivity contribution in [3.05, 3.63) is 340 Å². The Labute approximate surface area is 843 Å². The van der Waals surface area contributed by atoms with E-state index in [2.05, 4.69) is 143 Å². The van der Waals surface area contributed by atoms with E-state index in [0.717, 1.165) is 112 Å². The van der Waals surface area contributed by atoms with Crippen molar-refractivity contribution < 1.29 is 109 Å². The number of fused-ring (bicyclic) bond motifs is 6. The van der Waals surface area contributed by atoms with Crippen molar-refractivity contribution in [1.82, 2.24) is 24.4 Å². The molecule has 3 amide bonds. The van der Waals surface area contributed by atoms with Crippen molar-refractivity contribution in [1.29, 1.82) is 0 Å². The van der Waals surface area contributed by atoms with Crippen molar-refractivity contribution in [2.45, 2.75) is 93.9 Å². The molecule has 0 unspecified atom stereocenters. The first-order valence-corrected chi connectivity index (χ1v) is 45.7. The van der Waals surface area contributed by atoms with Gasteiger partial charge in [0, 0.05) is 164 Å². The second kappa shape index (κ2) is 58.1. The third kappa shape index (κ3) is 33.8. The molecule has 6 aromatic heterocycles. The summed E-state index contributed by atoms with van der Waals surface area (Å²) in [5.74, 6) is -6.15. The molecule has 9 aromatic carbocycles. The van der Waals surface area contributed by atoms with Crippen molar-refractivity contribution in [3.63, 3.8) is 0 Å². The molecule has 0 saturated carbocycles. The van der Waals surface area contributed by atoms with E-state index in [4.69, 9.17) is 36.7 Å². The Kier molecular flexibility index (Phi) is 49.9. The molecule has 0 bridgehead atoms. The number of hydrogen-bond donors (Lipinski definition) is 6. The molecule has 0 atom stereocenters. The SMILES string of the molecule is C1CCOC1.CCC.CCO.CCOC(=O)C(=O)c1cn(C)c2cc(Br)c(F)cc12.Cc1cc(F)c(Br)cc1[N+](=O)[O-].Cc1cc(F)c(N)cc1[N+](=O)[O-].Cn1ccc2cc(F)c(Br)cc21.Fc1cc2cc[nH]c2cc1Br.NC(=O)Cc1coc2ccccc12.O=C1NC(=O)C(c2coc3ccccc23)=C1c1c[nH]c2cc(Br)c(F)cc12.[CH-]=Cc1cc(F)c(Br)cc1[N+](=O)[O-].[CH2-]CC.[CH2-]CC.[Ni+3]. The van der Waals surface area contributed by atoms with E-state index >= 15 is 0 Å². The number of nitro groups is 3. The summed E-state index contributed by atoms with van der Waals surface area (Å²) in [5.41, 5.74) is 17.3. The summed E-state index contributed by atoms with van der Waals surface area (Å²) in [7, 11) is 3.65. The quantitative estimate of drug-likeness (QED) is 0.00669. The zero-order valence-corrected chi connectivity index (χ0v) is 85.7. The number of furan rings is 2. The van der Waals surface area contributed by atoms with Gasteiger partial charge in [-0.1, -0.05) is 82.1 Å². The summed E-state index contributed by atoms with van der Waals surface area (Å²) in [6.07, 6.45) is 16.9. The van der Waals surface area contributed by atoms with Crippen LogP contribution < -0.4 is 16.8 Å². The molecular formula is C97H94Br6F7N10NiO16. The first-order valence-electron chi connectivity index (χ1n) is 41.0. The molecule has 1 radical (unpaired) electrons. The van der Waals surface area contributed by atoms with Crippen LogP contribution >= 0.6 is 95.6 Å². The number of aromatic amines is 2. The summed E-state index contributed by atoms with van der Waals surface area (Å²) in [6, 6.07) is 37.2. The fourth-order valence-corrected chi connectivity index (χ4v) is 14.1. The Balaban J connectivity index is 0.000000324. The van der Waals surface area contributed by atoms with Gasteiger partial charge in [-0.3, -0.25) is 61.4 Å². The Morgan fingerprint density at radius 3 is 1.53 bits per heavy atom. The minimum absolute atomic E-state index is 0. The molecule has 729 valence electrons. The molecule has 2 aliphatic rings. The Morgan fingerprint density at radius 2 is 1.01 bits per heavy atom. The van der Waals surface area contributed by atoms with Crippen molar-refractivity contribution in [3.8, 4) is 0 Å². The molecule has 1 saturated heterocycles. The monoisotopic (exact) mass is 2320 g/mol. The minimum Gasteiger partial charge on any atom is -0.464 e. The number of nitrogen functional groups attached to an aromatic ring is 1. The van der Waals surface area contributed by atoms with Crippen molar-refractivity contribution in [2.24, 2.45) is 19.8 Å². The van der Waals surface area contributed by atoms with Gasteiger partial charge < -0.3 is 67.8 Å².